The van der Waals surface area contributed by atoms with Crippen molar-refractivity contribution >= 4 is 39.1 Å². The van der Waals surface area contributed by atoms with E-state index in [4.69, 9.17) is 9.47 Å². The molecule has 1 amide bonds. The Hall–Kier alpha value is -2.81. The number of hydrogen-bond donors (Lipinski definition) is 1. The van der Waals surface area contributed by atoms with Crippen LogP contribution in [0.1, 0.15) is 23.4 Å². The van der Waals surface area contributed by atoms with Gasteiger partial charge in [0.15, 0.2) is 6.61 Å². The van der Waals surface area contributed by atoms with E-state index in [0.717, 1.165) is 54.5 Å². The minimum absolute atomic E-state index is 0.263. The van der Waals surface area contributed by atoms with Gasteiger partial charge in [0.25, 0.3) is 5.91 Å². The van der Waals surface area contributed by atoms with Crippen LogP contribution < -0.4 is 5.32 Å². The van der Waals surface area contributed by atoms with E-state index in [1.165, 1.54) is 5.56 Å². The van der Waals surface area contributed by atoms with Crippen molar-refractivity contribution < 1.29 is 19.1 Å². The topological polar surface area (TPSA) is 80.8 Å². The Morgan fingerprint density at radius 3 is 2.66 bits per heavy atom. The summed E-state index contributed by atoms with van der Waals surface area (Å²) in [4.78, 5) is 31.0. The second kappa shape index (κ2) is 11.2. The molecule has 2 aromatic carbocycles. The number of hydrogen-bond acceptors (Lipinski definition) is 7. The van der Waals surface area contributed by atoms with Gasteiger partial charge in [-0.25, -0.2) is 4.98 Å². The van der Waals surface area contributed by atoms with Gasteiger partial charge >= 0.3 is 5.97 Å². The van der Waals surface area contributed by atoms with Gasteiger partial charge in [-0.15, -0.1) is 11.3 Å². The number of fused-ring (bicyclic) bond motifs is 1. The molecule has 0 unspecified atom stereocenters. The molecule has 32 heavy (non-hydrogen) atoms. The molecule has 1 aromatic heterocycles. The van der Waals surface area contributed by atoms with E-state index in [1.807, 2.05) is 48.5 Å². The van der Waals surface area contributed by atoms with E-state index in [1.54, 1.807) is 11.3 Å². The molecule has 0 atom stereocenters. The number of carbonyl (C=O) groups excluding carboxylic acids is 2. The largest absolute Gasteiger partial charge is 0.456 e. The summed E-state index contributed by atoms with van der Waals surface area (Å²) in [6.45, 7) is 4.00. The lowest BCUT2D eigenvalue weighted by Gasteiger charge is -2.26. The van der Waals surface area contributed by atoms with Crippen LogP contribution in [-0.2, 0) is 32.0 Å². The standard InChI is InChI=1S/C24H27N3O4S/c28-22(25-19-10-8-18(9-11-19)16-27-12-14-30-15-13-27)17-31-24(29)7-3-6-23-26-20-4-1-2-5-21(20)32-23/h1-2,4-5,8-11H,3,6-7,12-17H2,(H,25,28). The summed E-state index contributed by atoms with van der Waals surface area (Å²) in [6.07, 6.45) is 1.63. The van der Waals surface area contributed by atoms with Crippen LogP contribution in [0.2, 0.25) is 0 Å². The molecule has 0 aliphatic carbocycles. The summed E-state index contributed by atoms with van der Waals surface area (Å²) < 4.78 is 11.6. The molecule has 4 rings (SSSR count). The molecule has 2 heterocycles. The van der Waals surface area contributed by atoms with Crippen molar-refractivity contribution in [1.29, 1.82) is 0 Å². The smallest absolute Gasteiger partial charge is 0.306 e. The van der Waals surface area contributed by atoms with Crippen molar-refractivity contribution in [3.63, 3.8) is 0 Å². The molecule has 3 aromatic rings. The van der Waals surface area contributed by atoms with Crippen molar-refractivity contribution in [2.45, 2.75) is 25.8 Å². The minimum Gasteiger partial charge on any atom is -0.456 e. The fourth-order valence-corrected chi connectivity index (χ4v) is 4.55. The summed E-state index contributed by atoms with van der Waals surface area (Å²) in [5, 5.41) is 3.78. The number of anilines is 1. The van der Waals surface area contributed by atoms with Crippen molar-refractivity contribution in [3.05, 3.63) is 59.1 Å². The summed E-state index contributed by atoms with van der Waals surface area (Å²) in [5.74, 6) is -0.715. The monoisotopic (exact) mass is 453 g/mol. The quantitative estimate of drug-likeness (QED) is 0.499. The first-order valence-corrected chi connectivity index (χ1v) is 11.7. The lowest BCUT2D eigenvalue weighted by Crippen LogP contribution is -2.35. The van der Waals surface area contributed by atoms with Crippen molar-refractivity contribution in [2.24, 2.45) is 0 Å². The van der Waals surface area contributed by atoms with Gasteiger partial charge in [-0.2, -0.15) is 0 Å². The van der Waals surface area contributed by atoms with E-state index in [0.29, 0.717) is 12.1 Å². The van der Waals surface area contributed by atoms with Crippen molar-refractivity contribution in [2.75, 3.05) is 38.2 Å². The lowest BCUT2D eigenvalue weighted by atomic mass is 10.2. The Morgan fingerprint density at radius 1 is 1.09 bits per heavy atom. The number of nitrogens with zero attached hydrogens (tertiary/aromatic N) is 2. The fourth-order valence-electron chi connectivity index (χ4n) is 3.54. The Morgan fingerprint density at radius 2 is 1.88 bits per heavy atom. The highest BCUT2D eigenvalue weighted by molar-refractivity contribution is 7.18. The zero-order valence-electron chi connectivity index (χ0n) is 17.9. The predicted molar refractivity (Wildman–Crippen MR) is 125 cm³/mol. The Balaban J connectivity index is 1.13. The molecule has 1 aliphatic rings. The molecule has 7 nitrogen and oxygen atoms in total. The molecule has 1 N–H and O–H groups in total. The van der Waals surface area contributed by atoms with Crippen LogP contribution in [0.4, 0.5) is 5.69 Å². The average Bonchev–Trinajstić information content (AvgIpc) is 3.22. The highest BCUT2D eigenvalue weighted by Gasteiger charge is 2.12. The Kier molecular flexibility index (Phi) is 7.82. The Labute approximate surface area is 191 Å². The van der Waals surface area contributed by atoms with E-state index in [9.17, 15) is 9.59 Å². The highest BCUT2D eigenvalue weighted by atomic mass is 32.1. The van der Waals surface area contributed by atoms with E-state index >= 15 is 0 Å². The number of thiazole rings is 1. The molecule has 1 aliphatic heterocycles. The van der Waals surface area contributed by atoms with Gasteiger partial charge in [-0.1, -0.05) is 24.3 Å². The number of morpholine rings is 1. The number of carbonyl (C=O) groups is 2. The molecular formula is C24H27N3O4S. The first-order valence-electron chi connectivity index (χ1n) is 10.8. The molecular weight excluding hydrogens is 426 g/mol. The predicted octanol–water partition coefficient (Wildman–Crippen LogP) is 3.63. The van der Waals surface area contributed by atoms with Gasteiger partial charge in [-0.05, 0) is 42.7 Å². The van der Waals surface area contributed by atoms with Gasteiger partial charge in [0.2, 0.25) is 0 Å². The number of ether oxygens (including phenoxy) is 2. The second-order valence-corrected chi connectivity index (χ2v) is 8.84. The number of benzene rings is 2. The summed E-state index contributed by atoms with van der Waals surface area (Å²) >= 11 is 1.64. The molecule has 168 valence electrons. The van der Waals surface area contributed by atoms with Crippen LogP contribution in [0.25, 0.3) is 10.2 Å². The van der Waals surface area contributed by atoms with Gasteiger partial charge in [-0.3, -0.25) is 14.5 Å². The molecule has 1 saturated heterocycles. The molecule has 0 bridgehead atoms. The number of rotatable bonds is 9. The molecule has 0 saturated carbocycles. The number of aromatic nitrogens is 1. The molecule has 1 fully saturated rings. The highest BCUT2D eigenvalue weighted by Crippen LogP contribution is 2.22. The number of amides is 1. The summed E-state index contributed by atoms with van der Waals surface area (Å²) in [5.41, 5.74) is 2.86. The van der Waals surface area contributed by atoms with E-state index < -0.39 is 0 Å². The third kappa shape index (κ3) is 6.59. The number of esters is 1. The minimum atomic E-state index is -0.373. The van der Waals surface area contributed by atoms with Gasteiger partial charge in [0.1, 0.15) is 0 Å². The normalized spacial score (nSPS) is 14.4. The fraction of sp³-hybridized carbons (Fsp3) is 0.375. The van der Waals surface area contributed by atoms with Crippen LogP contribution in [0, 0.1) is 0 Å². The van der Waals surface area contributed by atoms with Crippen molar-refractivity contribution in [1.82, 2.24) is 9.88 Å². The summed E-state index contributed by atoms with van der Waals surface area (Å²) in [7, 11) is 0. The number of aryl methyl sites for hydroxylation is 1. The first kappa shape index (κ1) is 22.4. The van der Waals surface area contributed by atoms with Gasteiger partial charge in [0, 0.05) is 31.7 Å². The zero-order chi connectivity index (χ0) is 22.2. The zero-order valence-corrected chi connectivity index (χ0v) is 18.7. The molecule has 0 spiro atoms. The summed E-state index contributed by atoms with van der Waals surface area (Å²) in [6, 6.07) is 15.7. The van der Waals surface area contributed by atoms with Crippen LogP contribution in [-0.4, -0.2) is 54.7 Å². The van der Waals surface area contributed by atoms with Crippen LogP contribution in [0.3, 0.4) is 0 Å². The lowest BCUT2D eigenvalue weighted by molar-refractivity contribution is -0.147. The number of para-hydroxylation sites is 1. The number of nitrogens with one attached hydrogen (secondary N) is 1. The maximum atomic E-state index is 12.1. The van der Waals surface area contributed by atoms with Gasteiger partial charge < -0.3 is 14.8 Å². The average molecular weight is 454 g/mol. The molecule has 8 heteroatoms. The Bertz CT molecular complexity index is 1010. The third-order valence-corrected chi connectivity index (χ3v) is 6.32. The van der Waals surface area contributed by atoms with E-state index in [-0.39, 0.29) is 24.9 Å². The molecule has 0 radical (unpaired) electrons. The second-order valence-electron chi connectivity index (χ2n) is 7.72. The maximum absolute atomic E-state index is 12.1. The van der Waals surface area contributed by atoms with Crippen LogP contribution in [0.15, 0.2) is 48.5 Å². The third-order valence-electron chi connectivity index (χ3n) is 5.22. The maximum Gasteiger partial charge on any atom is 0.306 e. The first-order chi connectivity index (χ1) is 15.7. The van der Waals surface area contributed by atoms with E-state index in [2.05, 4.69) is 15.2 Å². The van der Waals surface area contributed by atoms with Gasteiger partial charge in [0.05, 0.1) is 28.4 Å². The van der Waals surface area contributed by atoms with Crippen molar-refractivity contribution in [3.8, 4) is 0 Å². The van der Waals surface area contributed by atoms with Crippen LogP contribution in [0.5, 0.6) is 0 Å². The SMILES string of the molecule is O=C(COC(=O)CCCc1nc2ccccc2s1)Nc1ccc(CN2CCOCC2)cc1. The van der Waals surface area contributed by atoms with Crippen LogP contribution >= 0.6 is 11.3 Å².